The van der Waals surface area contributed by atoms with Crippen molar-refractivity contribution in [2.75, 3.05) is 7.11 Å². The Bertz CT molecular complexity index is 689. The van der Waals surface area contributed by atoms with E-state index < -0.39 is 0 Å². The van der Waals surface area contributed by atoms with Crippen molar-refractivity contribution in [3.8, 4) is 21.9 Å². The molecule has 0 aliphatic rings. The molecule has 0 spiro atoms. The number of hydrogen-bond acceptors (Lipinski definition) is 4. The molecule has 0 amide bonds. The van der Waals surface area contributed by atoms with Crippen LogP contribution in [-0.4, -0.2) is 17.2 Å². The lowest BCUT2D eigenvalue weighted by Gasteiger charge is -2.01. The van der Waals surface area contributed by atoms with Crippen LogP contribution in [0.15, 0.2) is 42.7 Å². The molecule has 1 N–H and O–H groups in total. The van der Waals surface area contributed by atoms with Gasteiger partial charge in [-0.1, -0.05) is 0 Å². The van der Waals surface area contributed by atoms with Crippen LogP contribution in [0.2, 0.25) is 0 Å². The third-order valence-corrected chi connectivity index (χ3v) is 4.00. The number of aromatic hydroxyl groups is 1. The number of nitrogens with zero attached hydrogens (tertiary/aromatic N) is 1. The van der Waals surface area contributed by atoms with E-state index in [1.165, 1.54) is 11.3 Å². The summed E-state index contributed by atoms with van der Waals surface area (Å²) in [5, 5.41) is 11.1. The monoisotopic (exact) mass is 257 g/mol. The van der Waals surface area contributed by atoms with E-state index in [1.54, 1.807) is 19.5 Å². The average molecular weight is 257 g/mol. The Morgan fingerprint density at radius 1 is 1.17 bits per heavy atom. The van der Waals surface area contributed by atoms with Gasteiger partial charge in [-0.05, 0) is 35.9 Å². The number of aromatic nitrogens is 1. The maximum absolute atomic E-state index is 10.2. The van der Waals surface area contributed by atoms with Gasteiger partial charge in [-0.25, -0.2) is 0 Å². The lowest BCUT2D eigenvalue weighted by Crippen LogP contribution is -1.81. The van der Waals surface area contributed by atoms with Gasteiger partial charge in [0.2, 0.25) is 0 Å². The Morgan fingerprint density at radius 2 is 1.94 bits per heavy atom. The van der Waals surface area contributed by atoms with Gasteiger partial charge >= 0.3 is 0 Å². The molecule has 2 heterocycles. The molecule has 0 bridgehead atoms. The first-order valence-corrected chi connectivity index (χ1v) is 6.31. The lowest BCUT2D eigenvalue weighted by atomic mass is 10.1. The van der Waals surface area contributed by atoms with E-state index in [2.05, 4.69) is 4.98 Å². The normalized spacial score (nSPS) is 10.7. The summed E-state index contributed by atoms with van der Waals surface area (Å²) in [6.45, 7) is 0. The van der Waals surface area contributed by atoms with Gasteiger partial charge in [0.1, 0.15) is 11.5 Å². The highest BCUT2D eigenvalue weighted by Crippen LogP contribution is 2.43. The zero-order valence-electron chi connectivity index (χ0n) is 9.75. The number of methoxy groups -OCH3 is 1. The maximum Gasteiger partial charge on any atom is 0.142 e. The second-order valence-electron chi connectivity index (χ2n) is 3.88. The highest BCUT2D eigenvalue weighted by Gasteiger charge is 2.12. The fourth-order valence-corrected chi connectivity index (χ4v) is 2.94. The topological polar surface area (TPSA) is 42.4 Å². The van der Waals surface area contributed by atoms with E-state index in [-0.39, 0.29) is 0 Å². The molecule has 90 valence electrons. The molecule has 1 aromatic carbocycles. The quantitative estimate of drug-likeness (QED) is 0.761. The van der Waals surface area contributed by atoms with Crippen LogP contribution in [0.4, 0.5) is 0 Å². The SMILES string of the molecule is COc1ccc(-c2sc3cnccc3c2O)cc1. The van der Waals surface area contributed by atoms with Gasteiger partial charge in [-0.2, -0.15) is 0 Å². The second kappa shape index (κ2) is 4.31. The summed E-state index contributed by atoms with van der Waals surface area (Å²) < 4.78 is 6.11. The van der Waals surface area contributed by atoms with Crippen LogP contribution in [0.3, 0.4) is 0 Å². The van der Waals surface area contributed by atoms with E-state index in [1.807, 2.05) is 30.3 Å². The number of thiophene rings is 1. The predicted molar refractivity (Wildman–Crippen MR) is 73.3 cm³/mol. The number of rotatable bonds is 2. The number of hydrogen-bond donors (Lipinski definition) is 1. The molecule has 3 aromatic rings. The molecular weight excluding hydrogens is 246 g/mol. The molecule has 0 saturated carbocycles. The molecule has 0 atom stereocenters. The van der Waals surface area contributed by atoms with Crippen molar-refractivity contribution in [2.45, 2.75) is 0 Å². The maximum atomic E-state index is 10.2. The fraction of sp³-hybridized carbons (Fsp3) is 0.0714. The van der Waals surface area contributed by atoms with Gasteiger partial charge in [-0.3, -0.25) is 4.98 Å². The number of benzene rings is 1. The van der Waals surface area contributed by atoms with Crippen molar-refractivity contribution in [2.24, 2.45) is 0 Å². The molecule has 0 radical (unpaired) electrons. The van der Waals surface area contributed by atoms with Crippen LogP contribution >= 0.6 is 11.3 Å². The predicted octanol–water partition coefficient (Wildman–Crippen LogP) is 3.68. The van der Waals surface area contributed by atoms with Crippen LogP contribution in [0, 0.1) is 0 Å². The molecule has 3 nitrogen and oxygen atoms in total. The first-order valence-electron chi connectivity index (χ1n) is 5.49. The van der Waals surface area contributed by atoms with Crippen molar-refractivity contribution in [1.29, 1.82) is 0 Å². The van der Waals surface area contributed by atoms with Crippen LogP contribution in [0.1, 0.15) is 0 Å². The third-order valence-electron chi connectivity index (χ3n) is 2.82. The van der Waals surface area contributed by atoms with Crippen molar-refractivity contribution < 1.29 is 9.84 Å². The van der Waals surface area contributed by atoms with Crippen molar-refractivity contribution in [1.82, 2.24) is 4.98 Å². The summed E-state index contributed by atoms with van der Waals surface area (Å²) >= 11 is 1.54. The van der Waals surface area contributed by atoms with Gasteiger partial charge in [0.15, 0.2) is 0 Å². The molecule has 4 heteroatoms. The summed E-state index contributed by atoms with van der Waals surface area (Å²) in [7, 11) is 1.64. The van der Waals surface area contributed by atoms with Crippen LogP contribution in [0.25, 0.3) is 20.5 Å². The van der Waals surface area contributed by atoms with Crippen molar-refractivity contribution in [3.05, 3.63) is 42.7 Å². The second-order valence-corrected chi connectivity index (χ2v) is 4.93. The minimum atomic E-state index is 0.322. The standard InChI is InChI=1S/C14H11NO2S/c1-17-10-4-2-9(3-5-10)14-13(16)11-6-7-15-8-12(11)18-14/h2-8,16H,1H3. The Labute approximate surface area is 108 Å². The highest BCUT2D eigenvalue weighted by atomic mass is 32.1. The third kappa shape index (κ3) is 1.71. The first kappa shape index (κ1) is 11.0. The van der Waals surface area contributed by atoms with Crippen molar-refractivity contribution >= 4 is 21.4 Å². The van der Waals surface area contributed by atoms with Gasteiger partial charge in [0, 0.05) is 17.8 Å². The van der Waals surface area contributed by atoms with E-state index in [9.17, 15) is 5.11 Å². The number of pyridine rings is 1. The minimum Gasteiger partial charge on any atom is -0.506 e. The first-order chi connectivity index (χ1) is 8.79. The fourth-order valence-electron chi connectivity index (χ4n) is 1.88. The lowest BCUT2D eigenvalue weighted by molar-refractivity contribution is 0.415. The Morgan fingerprint density at radius 3 is 2.61 bits per heavy atom. The molecule has 0 unspecified atom stereocenters. The van der Waals surface area contributed by atoms with Gasteiger partial charge < -0.3 is 9.84 Å². The molecule has 18 heavy (non-hydrogen) atoms. The molecule has 0 aliphatic carbocycles. The molecule has 3 rings (SSSR count). The van der Waals surface area contributed by atoms with Gasteiger partial charge in [0.25, 0.3) is 0 Å². The molecule has 0 fully saturated rings. The smallest absolute Gasteiger partial charge is 0.142 e. The minimum absolute atomic E-state index is 0.322. The van der Waals surface area contributed by atoms with Gasteiger partial charge in [0.05, 0.1) is 16.7 Å². The molecule has 0 saturated heterocycles. The van der Waals surface area contributed by atoms with Crippen LogP contribution < -0.4 is 4.74 Å². The Kier molecular flexibility index (Phi) is 2.64. The summed E-state index contributed by atoms with van der Waals surface area (Å²) in [5.41, 5.74) is 0.981. The Balaban J connectivity index is 2.15. The van der Waals surface area contributed by atoms with Crippen molar-refractivity contribution in [3.63, 3.8) is 0 Å². The van der Waals surface area contributed by atoms with E-state index >= 15 is 0 Å². The molecule has 2 aromatic heterocycles. The summed E-state index contributed by atoms with van der Waals surface area (Å²) in [5.74, 6) is 1.13. The summed E-state index contributed by atoms with van der Waals surface area (Å²) in [6, 6.07) is 9.48. The highest BCUT2D eigenvalue weighted by molar-refractivity contribution is 7.22. The zero-order chi connectivity index (χ0) is 12.5. The molecule has 0 aliphatic heterocycles. The van der Waals surface area contributed by atoms with Crippen LogP contribution in [-0.2, 0) is 0 Å². The largest absolute Gasteiger partial charge is 0.506 e. The Hall–Kier alpha value is -2.07. The summed E-state index contributed by atoms with van der Waals surface area (Å²) in [6.07, 6.45) is 3.46. The van der Waals surface area contributed by atoms with Crippen LogP contribution in [0.5, 0.6) is 11.5 Å². The van der Waals surface area contributed by atoms with E-state index in [0.717, 1.165) is 26.3 Å². The number of ether oxygens (including phenoxy) is 1. The van der Waals surface area contributed by atoms with E-state index in [4.69, 9.17) is 4.74 Å². The van der Waals surface area contributed by atoms with E-state index in [0.29, 0.717) is 5.75 Å². The number of fused-ring (bicyclic) bond motifs is 1. The zero-order valence-corrected chi connectivity index (χ0v) is 10.6. The summed E-state index contributed by atoms with van der Waals surface area (Å²) in [4.78, 5) is 4.93. The van der Waals surface area contributed by atoms with Gasteiger partial charge in [-0.15, -0.1) is 11.3 Å². The molecular formula is C14H11NO2S. The average Bonchev–Trinajstić information content (AvgIpc) is 2.77.